The lowest BCUT2D eigenvalue weighted by Gasteiger charge is -2.37. The molecule has 2 aromatic heterocycles. The third-order valence-corrected chi connectivity index (χ3v) is 11.4. The van der Waals surface area contributed by atoms with Gasteiger partial charge >= 0.3 is 0 Å². The van der Waals surface area contributed by atoms with Gasteiger partial charge in [0.05, 0.1) is 12.9 Å². The van der Waals surface area contributed by atoms with Gasteiger partial charge < -0.3 is 18.6 Å². The summed E-state index contributed by atoms with van der Waals surface area (Å²) in [4.78, 5) is 13.1. The molecule has 2 fully saturated rings. The average molecular weight is 567 g/mol. The normalized spacial score (nSPS) is 29.0. The molecule has 0 spiro atoms. The molecule has 8 nitrogen and oxygen atoms in total. The molecule has 30 heavy (non-hydrogen) atoms. The Labute approximate surface area is 196 Å². The Morgan fingerprint density at radius 1 is 1.23 bits per heavy atom. The second kappa shape index (κ2) is 7.60. The fourth-order valence-electron chi connectivity index (χ4n) is 3.57. The summed E-state index contributed by atoms with van der Waals surface area (Å²) in [5, 5.41) is 0.432. The van der Waals surface area contributed by atoms with Crippen molar-refractivity contribution in [2.45, 2.75) is 83.1 Å². The van der Waals surface area contributed by atoms with Crippen molar-refractivity contribution in [3.63, 3.8) is 0 Å². The number of nitrogens with zero attached hydrogens (tertiary/aromatic N) is 4. The molecule has 4 atom stereocenters. The number of imidazole rings is 1. The lowest BCUT2D eigenvalue weighted by Crippen LogP contribution is -2.44. The molecule has 0 aromatic carbocycles. The van der Waals surface area contributed by atoms with Crippen LogP contribution in [-0.2, 0) is 18.6 Å². The Morgan fingerprint density at radius 2 is 1.90 bits per heavy atom. The van der Waals surface area contributed by atoms with Crippen molar-refractivity contribution in [2.75, 3.05) is 6.61 Å². The predicted molar refractivity (Wildman–Crippen MR) is 124 cm³/mol. The molecule has 0 unspecified atom stereocenters. The zero-order valence-corrected chi connectivity index (χ0v) is 22.2. The second-order valence-electron chi connectivity index (χ2n) is 9.81. The minimum absolute atomic E-state index is 0.113. The van der Waals surface area contributed by atoms with E-state index in [-0.39, 0.29) is 23.4 Å². The van der Waals surface area contributed by atoms with Crippen LogP contribution in [0.1, 0.15) is 40.8 Å². The summed E-state index contributed by atoms with van der Waals surface area (Å²) in [6, 6.07) is 0. The largest absolute Gasteiger partial charge is 0.414 e. The quantitative estimate of drug-likeness (QED) is 0.233. The third-order valence-electron chi connectivity index (χ3n) is 6.17. The van der Waals surface area contributed by atoms with Crippen molar-refractivity contribution in [3.8, 4) is 0 Å². The van der Waals surface area contributed by atoms with Gasteiger partial charge in [0.25, 0.3) is 0 Å². The Balaban J connectivity index is 1.64. The number of halogens is 2. The Bertz CT molecular complexity index is 964. The van der Waals surface area contributed by atoms with Crippen LogP contribution in [-0.4, -0.2) is 58.5 Å². The average Bonchev–Trinajstić information content (AvgIpc) is 3.23. The fraction of sp³-hybridized carbons (Fsp3) is 0.737. The molecule has 11 heteroatoms. The zero-order chi connectivity index (χ0) is 22.1. The monoisotopic (exact) mass is 566 g/mol. The van der Waals surface area contributed by atoms with Gasteiger partial charge in [0.1, 0.15) is 23.8 Å². The number of fused-ring (bicyclic) bond motifs is 2. The van der Waals surface area contributed by atoms with E-state index in [1.54, 1.807) is 6.33 Å². The van der Waals surface area contributed by atoms with E-state index in [2.05, 4.69) is 48.8 Å². The van der Waals surface area contributed by atoms with Crippen molar-refractivity contribution >= 4 is 53.7 Å². The molecule has 2 aliphatic rings. The predicted octanol–water partition coefficient (Wildman–Crippen LogP) is 4.52. The number of aromatic nitrogens is 4. The first kappa shape index (κ1) is 22.8. The molecule has 0 amide bonds. The van der Waals surface area contributed by atoms with E-state index in [0.29, 0.717) is 26.8 Å². The Kier molecular flexibility index (Phi) is 5.78. The molecule has 2 saturated heterocycles. The number of hydrogen-bond donors (Lipinski definition) is 0. The molecule has 4 heterocycles. The highest BCUT2D eigenvalue weighted by molar-refractivity contribution is 14.1. The summed E-state index contributed by atoms with van der Waals surface area (Å²) in [6.07, 6.45) is 0.413. The fourth-order valence-corrected chi connectivity index (χ4v) is 5.41. The van der Waals surface area contributed by atoms with Crippen LogP contribution in [0.3, 0.4) is 0 Å². The maximum absolute atomic E-state index is 6.45. The SMILES string of the molecule is CC1(C)O[C@@H]2[C@H](O1)[C@@H](CO[Si](C)(C)C(C)(C)C)O[C@H]2n1cnc2c(Cl)nc(I)nc21. The standard InChI is InChI=1S/C19H28ClIN4O4Si/c1-18(2,3)30(6,7)26-8-10-12-13(29-19(4,5)28-12)16(27-10)25-9-22-11-14(20)23-17(21)24-15(11)25/h9-10,12-13,16H,8H2,1-7H3/t10-,12-,13-,16-/m1/s1. The van der Waals surface area contributed by atoms with Gasteiger partial charge in [0.2, 0.25) is 0 Å². The van der Waals surface area contributed by atoms with Crippen molar-refractivity contribution in [1.29, 1.82) is 0 Å². The van der Waals surface area contributed by atoms with Gasteiger partial charge in [-0.3, -0.25) is 4.57 Å². The van der Waals surface area contributed by atoms with Crippen LogP contribution >= 0.6 is 34.2 Å². The van der Waals surface area contributed by atoms with Crippen LogP contribution in [0.25, 0.3) is 11.2 Å². The first-order chi connectivity index (χ1) is 13.8. The molecule has 0 bridgehead atoms. The first-order valence-corrected chi connectivity index (χ1v) is 14.4. The summed E-state index contributed by atoms with van der Waals surface area (Å²) in [7, 11) is -1.93. The smallest absolute Gasteiger partial charge is 0.194 e. The van der Waals surface area contributed by atoms with E-state index < -0.39 is 20.3 Å². The maximum atomic E-state index is 6.45. The third kappa shape index (κ3) is 4.04. The van der Waals surface area contributed by atoms with Gasteiger partial charge in [-0.1, -0.05) is 32.4 Å². The summed E-state index contributed by atoms with van der Waals surface area (Å²) >= 11 is 8.31. The van der Waals surface area contributed by atoms with Gasteiger partial charge in [-0.25, -0.2) is 15.0 Å². The van der Waals surface area contributed by atoms with E-state index in [4.69, 9.17) is 30.2 Å². The lowest BCUT2D eigenvalue weighted by atomic mass is 10.1. The number of hydrogen-bond acceptors (Lipinski definition) is 7. The summed E-state index contributed by atoms with van der Waals surface area (Å²) in [6.45, 7) is 15.4. The maximum Gasteiger partial charge on any atom is 0.194 e. The van der Waals surface area contributed by atoms with Gasteiger partial charge in [-0.2, -0.15) is 0 Å². The van der Waals surface area contributed by atoms with Crippen LogP contribution in [0.15, 0.2) is 6.33 Å². The molecular formula is C19H28ClIN4O4Si. The minimum atomic E-state index is -1.93. The zero-order valence-electron chi connectivity index (χ0n) is 18.3. The molecule has 2 aliphatic heterocycles. The lowest BCUT2D eigenvalue weighted by molar-refractivity contribution is -0.199. The number of rotatable bonds is 4. The molecule has 0 aliphatic carbocycles. The van der Waals surface area contributed by atoms with Crippen LogP contribution < -0.4 is 0 Å². The van der Waals surface area contributed by atoms with E-state index in [1.807, 2.05) is 41.0 Å². The summed E-state index contributed by atoms with van der Waals surface area (Å²) < 4.78 is 27.7. The summed E-state index contributed by atoms with van der Waals surface area (Å²) in [5.41, 5.74) is 1.15. The number of ether oxygens (including phenoxy) is 3. The van der Waals surface area contributed by atoms with Crippen LogP contribution in [0.5, 0.6) is 0 Å². The second-order valence-corrected chi connectivity index (χ2v) is 15.9. The molecule has 0 N–H and O–H groups in total. The van der Waals surface area contributed by atoms with E-state index in [1.165, 1.54) is 0 Å². The van der Waals surface area contributed by atoms with E-state index in [0.717, 1.165) is 0 Å². The van der Waals surface area contributed by atoms with Gasteiger partial charge in [0.15, 0.2) is 35.0 Å². The molecule has 0 radical (unpaired) electrons. The van der Waals surface area contributed by atoms with Gasteiger partial charge in [0, 0.05) is 22.6 Å². The molecular weight excluding hydrogens is 539 g/mol. The van der Waals surface area contributed by atoms with Crippen molar-refractivity contribution < 1.29 is 18.6 Å². The van der Waals surface area contributed by atoms with Crippen LogP contribution in [0, 0.1) is 3.83 Å². The first-order valence-electron chi connectivity index (χ1n) is 10.00. The highest BCUT2D eigenvalue weighted by Crippen LogP contribution is 2.45. The Hall–Kier alpha value is -0.373. The van der Waals surface area contributed by atoms with Crippen molar-refractivity contribution in [3.05, 3.63) is 15.3 Å². The Morgan fingerprint density at radius 3 is 2.57 bits per heavy atom. The highest BCUT2D eigenvalue weighted by Gasteiger charge is 2.56. The van der Waals surface area contributed by atoms with Crippen LogP contribution in [0.4, 0.5) is 0 Å². The molecule has 166 valence electrons. The van der Waals surface area contributed by atoms with Crippen molar-refractivity contribution in [1.82, 2.24) is 19.5 Å². The molecule has 4 rings (SSSR count). The molecule has 0 saturated carbocycles. The van der Waals surface area contributed by atoms with Gasteiger partial charge in [-0.05, 0) is 32.0 Å². The van der Waals surface area contributed by atoms with Crippen molar-refractivity contribution in [2.24, 2.45) is 0 Å². The van der Waals surface area contributed by atoms with Crippen LogP contribution in [0.2, 0.25) is 23.3 Å². The van der Waals surface area contributed by atoms with E-state index in [9.17, 15) is 0 Å². The van der Waals surface area contributed by atoms with Gasteiger partial charge in [-0.15, -0.1) is 0 Å². The van der Waals surface area contributed by atoms with E-state index >= 15 is 0 Å². The topological polar surface area (TPSA) is 80.5 Å². The minimum Gasteiger partial charge on any atom is -0.414 e. The highest BCUT2D eigenvalue weighted by atomic mass is 127. The summed E-state index contributed by atoms with van der Waals surface area (Å²) in [5.74, 6) is -0.704. The molecule has 2 aromatic rings.